The standard InChI is InChI=1S/C18H26N4O/c1-5-14-11-19-17(20-14)10-18(23)21-16(12-22(3)4)15-9-7-6-8-13(15)2/h6-9,11,16H,5,10,12H2,1-4H3,(H,19,20)(H,21,23). The molecule has 124 valence electrons. The first-order chi connectivity index (χ1) is 11.0. The number of likely N-dealkylation sites (N-methyl/N-ethyl adjacent to an activating group) is 1. The minimum Gasteiger partial charge on any atom is -0.348 e. The van der Waals surface area contributed by atoms with Gasteiger partial charge in [-0.3, -0.25) is 4.79 Å². The number of imidazole rings is 1. The maximum absolute atomic E-state index is 12.4. The van der Waals surface area contributed by atoms with Gasteiger partial charge in [-0.15, -0.1) is 0 Å². The van der Waals surface area contributed by atoms with Gasteiger partial charge in [0, 0.05) is 18.4 Å². The summed E-state index contributed by atoms with van der Waals surface area (Å²) < 4.78 is 0. The fraction of sp³-hybridized carbons (Fsp3) is 0.444. The Kier molecular flexibility index (Phi) is 5.93. The molecule has 5 nitrogen and oxygen atoms in total. The quantitative estimate of drug-likeness (QED) is 0.824. The highest BCUT2D eigenvalue weighted by atomic mass is 16.1. The SMILES string of the molecule is CCc1cnc(CC(=O)NC(CN(C)C)c2ccccc2C)[nH]1. The van der Waals surface area contributed by atoms with Gasteiger partial charge in [-0.05, 0) is 38.6 Å². The molecule has 1 heterocycles. The molecular formula is C18H26N4O. The molecule has 0 fully saturated rings. The first-order valence-corrected chi connectivity index (χ1v) is 8.02. The topological polar surface area (TPSA) is 61.0 Å². The van der Waals surface area contributed by atoms with Gasteiger partial charge in [-0.1, -0.05) is 31.2 Å². The Morgan fingerprint density at radius 3 is 2.70 bits per heavy atom. The average Bonchev–Trinajstić information content (AvgIpc) is 2.94. The fourth-order valence-electron chi connectivity index (χ4n) is 2.64. The zero-order chi connectivity index (χ0) is 16.8. The van der Waals surface area contributed by atoms with E-state index in [1.54, 1.807) is 6.20 Å². The summed E-state index contributed by atoms with van der Waals surface area (Å²) in [6.07, 6.45) is 2.96. The van der Waals surface area contributed by atoms with E-state index >= 15 is 0 Å². The van der Waals surface area contributed by atoms with Gasteiger partial charge in [0.2, 0.25) is 5.91 Å². The molecule has 0 aliphatic rings. The molecule has 1 unspecified atom stereocenters. The average molecular weight is 314 g/mol. The van der Waals surface area contributed by atoms with E-state index in [-0.39, 0.29) is 18.4 Å². The van der Waals surface area contributed by atoms with Crippen molar-refractivity contribution in [3.05, 3.63) is 53.1 Å². The van der Waals surface area contributed by atoms with Crippen LogP contribution in [0.2, 0.25) is 0 Å². The third kappa shape index (κ3) is 4.93. The van der Waals surface area contributed by atoms with Crippen molar-refractivity contribution in [2.24, 2.45) is 0 Å². The number of amides is 1. The van der Waals surface area contributed by atoms with Crippen LogP contribution in [0.3, 0.4) is 0 Å². The predicted molar refractivity (Wildman–Crippen MR) is 92.3 cm³/mol. The lowest BCUT2D eigenvalue weighted by Gasteiger charge is -2.24. The maximum atomic E-state index is 12.4. The predicted octanol–water partition coefficient (Wildman–Crippen LogP) is 2.24. The normalized spacial score (nSPS) is 12.4. The van der Waals surface area contributed by atoms with Crippen LogP contribution in [0, 0.1) is 6.92 Å². The lowest BCUT2D eigenvalue weighted by Crippen LogP contribution is -2.36. The Bertz CT molecular complexity index is 648. The largest absolute Gasteiger partial charge is 0.348 e. The minimum atomic E-state index is -0.0284. The molecule has 1 amide bonds. The van der Waals surface area contributed by atoms with Gasteiger partial charge in [-0.25, -0.2) is 4.98 Å². The molecule has 5 heteroatoms. The van der Waals surface area contributed by atoms with E-state index in [2.05, 4.69) is 46.2 Å². The second-order valence-corrected chi connectivity index (χ2v) is 6.12. The lowest BCUT2D eigenvalue weighted by atomic mass is 10.0. The minimum absolute atomic E-state index is 0.0166. The van der Waals surface area contributed by atoms with Crippen molar-refractivity contribution in [3.8, 4) is 0 Å². The number of nitrogens with zero attached hydrogens (tertiary/aromatic N) is 2. The van der Waals surface area contributed by atoms with E-state index in [0.717, 1.165) is 24.2 Å². The van der Waals surface area contributed by atoms with Gasteiger partial charge in [0.1, 0.15) is 5.82 Å². The van der Waals surface area contributed by atoms with E-state index in [4.69, 9.17) is 0 Å². The van der Waals surface area contributed by atoms with Gasteiger partial charge >= 0.3 is 0 Å². The van der Waals surface area contributed by atoms with Crippen LogP contribution < -0.4 is 5.32 Å². The number of aromatic nitrogens is 2. The van der Waals surface area contributed by atoms with Gasteiger partial charge in [0.15, 0.2) is 0 Å². The van der Waals surface area contributed by atoms with Crippen LogP contribution in [-0.4, -0.2) is 41.4 Å². The number of H-pyrrole nitrogens is 1. The van der Waals surface area contributed by atoms with E-state index < -0.39 is 0 Å². The summed E-state index contributed by atoms with van der Waals surface area (Å²) in [6.45, 7) is 4.89. The van der Waals surface area contributed by atoms with Crippen LogP contribution in [0.4, 0.5) is 0 Å². The summed E-state index contributed by atoms with van der Waals surface area (Å²) in [4.78, 5) is 21.9. The summed E-state index contributed by atoms with van der Waals surface area (Å²) >= 11 is 0. The molecule has 2 N–H and O–H groups in total. The van der Waals surface area contributed by atoms with Crippen LogP contribution in [0.25, 0.3) is 0 Å². The van der Waals surface area contributed by atoms with Gasteiger partial charge in [0.25, 0.3) is 0 Å². The first-order valence-electron chi connectivity index (χ1n) is 8.02. The number of carbonyl (C=O) groups is 1. The summed E-state index contributed by atoms with van der Waals surface area (Å²) in [7, 11) is 4.02. The van der Waals surface area contributed by atoms with Crippen molar-refractivity contribution in [2.45, 2.75) is 32.7 Å². The maximum Gasteiger partial charge on any atom is 0.228 e. The Morgan fingerprint density at radius 2 is 2.09 bits per heavy atom. The fourth-order valence-corrected chi connectivity index (χ4v) is 2.64. The monoisotopic (exact) mass is 314 g/mol. The van der Waals surface area contributed by atoms with Crippen molar-refractivity contribution >= 4 is 5.91 Å². The second kappa shape index (κ2) is 7.92. The molecule has 2 rings (SSSR count). The summed E-state index contributed by atoms with van der Waals surface area (Å²) in [5.41, 5.74) is 3.39. The number of benzene rings is 1. The molecule has 0 aliphatic carbocycles. The van der Waals surface area contributed by atoms with Gasteiger partial charge < -0.3 is 15.2 Å². The van der Waals surface area contributed by atoms with Crippen molar-refractivity contribution in [1.29, 1.82) is 0 Å². The van der Waals surface area contributed by atoms with Crippen LogP contribution in [0.1, 0.15) is 35.6 Å². The molecule has 0 saturated carbocycles. The Labute approximate surface area is 138 Å². The molecule has 23 heavy (non-hydrogen) atoms. The highest BCUT2D eigenvalue weighted by molar-refractivity contribution is 5.78. The van der Waals surface area contributed by atoms with Gasteiger partial charge in [0.05, 0.1) is 12.5 Å². The molecule has 1 aromatic carbocycles. The van der Waals surface area contributed by atoms with E-state index in [1.807, 2.05) is 26.2 Å². The van der Waals surface area contributed by atoms with E-state index in [1.165, 1.54) is 5.56 Å². The number of nitrogens with one attached hydrogen (secondary N) is 2. The third-order valence-electron chi connectivity index (χ3n) is 3.84. The van der Waals surface area contributed by atoms with E-state index in [0.29, 0.717) is 5.82 Å². The number of aryl methyl sites for hydroxylation is 2. The molecule has 0 bridgehead atoms. The number of hydrogen-bond acceptors (Lipinski definition) is 3. The summed E-state index contributed by atoms with van der Waals surface area (Å²) in [5, 5.41) is 3.14. The zero-order valence-electron chi connectivity index (χ0n) is 14.4. The zero-order valence-corrected chi connectivity index (χ0v) is 14.4. The molecule has 0 spiro atoms. The molecule has 0 aliphatic heterocycles. The van der Waals surface area contributed by atoms with Gasteiger partial charge in [-0.2, -0.15) is 0 Å². The highest BCUT2D eigenvalue weighted by Crippen LogP contribution is 2.18. The highest BCUT2D eigenvalue weighted by Gasteiger charge is 2.18. The molecular weight excluding hydrogens is 288 g/mol. The molecule has 2 aromatic rings. The summed E-state index contributed by atoms with van der Waals surface area (Å²) in [5.74, 6) is 0.699. The van der Waals surface area contributed by atoms with Crippen molar-refractivity contribution in [2.75, 3.05) is 20.6 Å². The van der Waals surface area contributed by atoms with Crippen molar-refractivity contribution in [1.82, 2.24) is 20.2 Å². The summed E-state index contributed by atoms with van der Waals surface area (Å²) in [6, 6.07) is 8.15. The van der Waals surface area contributed by atoms with Crippen LogP contribution in [0.5, 0.6) is 0 Å². The number of carbonyl (C=O) groups excluding carboxylic acids is 1. The third-order valence-corrected chi connectivity index (χ3v) is 3.84. The molecule has 0 radical (unpaired) electrons. The van der Waals surface area contributed by atoms with Crippen molar-refractivity contribution in [3.63, 3.8) is 0 Å². The first kappa shape index (κ1) is 17.2. The Balaban J connectivity index is 2.08. The lowest BCUT2D eigenvalue weighted by molar-refractivity contribution is -0.121. The van der Waals surface area contributed by atoms with Crippen molar-refractivity contribution < 1.29 is 4.79 Å². The van der Waals surface area contributed by atoms with Crippen LogP contribution >= 0.6 is 0 Å². The number of aromatic amines is 1. The molecule has 1 aromatic heterocycles. The van der Waals surface area contributed by atoms with Crippen LogP contribution in [-0.2, 0) is 17.6 Å². The Morgan fingerprint density at radius 1 is 1.35 bits per heavy atom. The molecule has 1 atom stereocenters. The molecule has 0 saturated heterocycles. The van der Waals surface area contributed by atoms with Crippen LogP contribution in [0.15, 0.2) is 30.5 Å². The Hall–Kier alpha value is -2.14. The second-order valence-electron chi connectivity index (χ2n) is 6.12. The number of rotatable bonds is 7. The van der Waals surface area contributed by atoms with E-state index in [9.17, 15) is 4.79 Å². The smallest absolute Gasteiger partial charge is 0.228 e. The number of hydrogen-bond donors (Lipinski definition) is 2.